The molecular formula is C13H19NO3S. The third kappa shape index (κ3) is 2.67. The highest BCUT2D eigenvalue weighted by Crippen LogP contribution is 2.35. The van der Waals surface area contributed by atoms with E-state index < -0.39 is 9.84 Å². The number of hydrogen-bond donors (Lipinski definition) is 1. The van der Waals surface area contributed by atoms with Gasteiger partial charge in [0.2, 0.25) is 0 Å². The molecule has 0 spiro atoms. The number of ether oxygens (including phenoxy) is 1. The lowest BCUT2D eigenvalue weighted by Crippen LogP contribution is -2.27. The van der Waals surface area contributed by atoms with Crippen molar-refractivity contribution in [3.63, 3.8) is 0 Å². The van der Waals surface area contributed by atoms with Gasteiger partial charge in [-0.15, -0.1) is 0 Å². The minimum atomic E-state index is -3.26. The van der Waals surface area contributed by atoms with E-state index in [0.29, 0.717) is 5.75 Å². The first-order valence-electron chi connectivity index (χ1n) is 6.14. The van der Waals surface area contributed by atoms with Gasteiger partial charge in [0.15, 0.2) is 9.84 Å². The van der Waals surface area contributed by atoms with Crippen LogP contribution in [0.5, 0.6) is 5.75 Å². The maximum absolute atomic E-state index is 11.7. The highest BCUT2D eigenvalue weighted by molar-refractivity contribution is 7.90. The first-order valence-corrected chi connectivity index (χ1v) is 8.03. The molecule has 1 aromatic carbocycles. The number of piperidine rings is 1. The fourth-order valence-corrected chi connectivity index (χ4v) is 3.30. The lowest BCUT2D eigenvalue weighted by Gasteiger charge is -2.26. The van der Waals surface area contributed by atoms with Crippen LogP contribution in [0.3, 0.4) is 0 Å². The molecule has 0 bridgehead atoms. The number of methoxy groups -OCH3 is 1. The Hall–Kier alpha value is -1.07. The summed E-state index contributed by atoms with van der Waals surface area (Å²) in [7, 11) is -1.74. The average molecular weight is 269 g/mol. The Morgan fingerprint density at radius 1 is 1.33 bits per heavy atom. The molecule has 1 unspecified atom stereocenters. The molecule has 5 heteroatoms. The van der Waals surface area contributed by atoms with Gasteiger partial charge in [0.05, 0.1) is 7.11 Å². The zero-order chi connectivity index (χ0) is 13.2. The fourth-order valence-electron chi connectivity index (χ4n) is 2.43. The van der Waals surface area contributed by atoms with Crippen molar-refractivity contribution in [2.24, 2.45) is 0 Å². The van der Waals surface area contributed by atoms with Gasteiger partial charge in [0.25, 0.3) is 0 Å². The molecule has 0 saturated carbocycles. The molecule has 0 aromatic heterocycles. The smallest absolute Gasteiger partial charge is 0.179 e. The van der Waals surface area contributed by atoms with Crippen LogP contribution < -0.4 is 10.1 Å². The SMILES string of the molecule is COc1c(C2CCCCN2)cccc1S(C)(=O)=O. The summed E-state index contributed by atoms with van der Waals surface area (Å²) in [5, 5.41) is 3.41. The van der Waals surface area contributed by atoms with Crippen LogP contribution in [0.1, 0.15) is 30.9 Å². The van der Waals surface area contributed by atoms with Crippen LogP contribution in [-0.2, 0) is 9.84 Å². The molecule has 1 aromatic rings. The van der Waals surface area contributed by atoms with Gasteiger partial charge in [0.1, 0.15) is 10.6 Å². The Morgan fingerprint density at radius 2 is 2.11 bits per heavy atom. The summed E-state index contributed by atoms with van der Waals surface area (Å²) in [5.74, 6) is 0.486. The first kappa shape index (κ1) is 13.4. The number of para-hydroxylation sites is 1. The molecule has 0 amide bonds. The summed E-state index contributed by atoms with van der Waals surface area (Å²) >= 11 is 0. The van der Waals surface area contributed by atoms with Gasteiger partial charge >= 0.3 is 0 Å². The van der Waals surface area contributed by atoms with Crippen molar-refractivity contribution in [3.8, 4) is 5.75 Å². The second-order valence-electron chi connectivity index (χ2n) is 4.65. The van der Waals surface area contributed by atoms with Crippen LogP contribution in [0.4, 0.5) is 0 Å². The quantitative estimate of drug-likeness (QED) is 0.910. The van der Waals surface area contributed by atoms with Crippen LogP contribution in [0.25, 0.3) is 0 Å². The summed E-state index contributed by atoms with van der Waals surface area (Å²) in [5.41, 5.74) is 0.945. The summed E-state index contributed by atoms with van der Waals surface area (Å²) in [4.78, 5) is 0.273. The molecule has 1 atom stereocenters. The van der Waals surface area contributed by atoms with E-state index in [1.807, 2.05) is 6.07 Å². The maximum atomic E-state index is 11.7. The Balaban J connectivity index is 2.47. The number of sulfone groups is 1. The Labute approximate surface area is 108 Å². The monoisotopic (exact) mass is 269 g/mol. The minimum absolute atomic E-state index is 0.190. The average Bonchev–Trinajstić information content (AvgIpc) is 2.37. The summed E-state index contributed by atoms with van der Waals surface area (Å²) in [6.07, 6.45) is 4.56. The van der Waals surface area contributed by atoms with Crippen molar-refractivity contribution in [2.45, 2.75) is 30.2 Å². The second kappa shape index (κ2) is 5.28. The molecule has 2 rings (SSSR count). The van der Waals surface area contributed by atoms with Gasteiger partial charge in [-0.3, -0.25) is 0 Å². The van der Waals surface area contributed by atoms with Gasteiger partial charge in [-0.25, -0.2) is 8.42 Å². The predicted molar refractivity (Wildman–Crippen MR) is 70.7 cm³/mol. The van der Waals surface area contributed by atoms with E-state index in [-0.39, 0.29) is 10.9 Å². The van der Waals surface area contributed by atoms with Crippen molar-refractivity contribution in [3.05, 3.63) is 23.8 Å². The number of benzene rings is 1. The van der Waals surface area contributed by atoms with E-state index in [4.69, 9.17) is 4.74 Å². The number of nitrogens with one attached hydrogen (secondary N) is 1. The number of rotatable bonds is 3. The van der Waals surface area contributed by atoms with Crippen molar-refractivity contribution in [1.29, 1.82) is 0 Å². The molecule has 0 radical (unpaired) electrons. The van der Waals surface area contributed by atoms with Crippen LogP contribution in [-0.4, -0.2) is 28.3 Å². The van der Waals surface area contributed by atoms with E-state index in [2.05, 4.69) is 5.32 Å². The van der Waals surface area contributed by atoms with Crippen LogP contribution >= 0.6 is 0 Å². The Kier molecular flexibility index (Phi) is 3.92. The third-order valence-corrected chi connectivity index (χ3v) is 4.42. The van der Waals surface area contributed by atoms with Crippen molar-refractivity contribution in [2.75, 3.05) is 19.9 Å². The minimum Gasteiger partial charge on any atom is -0.495 e. The van der Waals surface area contributed by atoms with Gasteiger partial charge < -0.3 is 10.1 Å². The zero-order valence-corrected chi connectivity index (χ0v) is 11.6. The van der Waals surface area contributed by atoms with Crippen LogP contribution in [0.15, 0.2) is 23.1 Å². The summed E-state index contributed by atoms with van der Waals surface area (Å²) in [6.45, 7) is 0.969. The lowest BCUT2D eigenvalue weighted by molar-refractivity contribution is 0.366. The summed E-state index contributed by atoms with van der Waals surface area (Å²) < 4.78 is 28.8. The summed E-state index contributed by atoms with van der Waals surface area (Å²) in [6, 6.07) is 5.51. The van der Waals surface area contributed by atoms with Crippen LogP contribution in [0.2, 0.25) is 0 Å². The van der Waals surface area contributed by atoms with Crippen molar-refractivity contribution >= 4 is 9.84 Å². The van der Waals surface area contributed by atoms with E-state index in [9.17, 15) is 8.42 Å². The highest BCUT2D eigenvalue weighted by Gasteiger charge is 2.23. The number of hydrogen-bond acceptors (Lipinski definition) is 4. The molecule has 1 heterocycles. The predicted octanol–water partition coefficient (Wildman–Crippen LogP) is 1.91. The van der Waals surface area contributed by atoms with E-state index in [0.717, 1.165) is 24.9 Å². The third-order valence-electron chi connectivity index (χ3n) is 3.30. The fraction of sp³-hybridized carbons (Fsp3) is 0.538. The molecule has 1 fully saturated rings. The molecule has 1 aliphatic heterocycles. The van der Waals surface area contributed by atoms with Gasteiger partial charge in [-0.05, 0) is 25.5 Å². The van der Waals surface area contributed by atoms with E-state index >= 15 is 0 Å². The van der Waals surface area contributed by atoms with Gasteiger partial charge in [0, 0.05) is 17.9 Å². The first-order chi connectivity index (χ1) is 8.54. The topological polar surface area (TPSA) is 55.4 Å². The van der Waals surface area contributed by atoms with Crippen LogP contribution in [0, 0.1) is 0 Å². The molecule has 1 saturated heterocycles. The molecule has 1 N–H and O–H groups in total. The maximum Gasteiger partial charge on any atom is 0.179 e. The highest BCUT2D eigenvalue weighted by atomic mass is 32.2. The Bertz CT molecular complexity index is 519. The molecule has 4 nitrogen and oxygen atoms in total. The zero-order valence-electron chi connectivity index (χ0n) is 10.8. The van der Waals surface area contributed by atoms with Gasteiger partial charge in [-0.1, -0.05) is 18.6 Å². The molecule has 100 valence electrons. The molecule has 0 aliphatic carbocycles. The normalized spacial score (nSPS) is 20.7. The molecule has 18 heavy (non-hydrogen) atoms. The molecule has 1 aliphatic rings. The van der Waals surface area contributed by atoms with Crippen molar-refractivity contribution < 1.29 is 13.2 Å². The Morgan fingerprint density at radius 3 is 2.67 bits per heavy atom. The standard InChI is InChI=1S/C13H19NO3S/c1-17-13-10(11-7-3-4-9-14-11)6-5-8-12(13)18(2,15)16/h5-6,8,11,14H,3-4,7,9H2,1-2H3. The van der Waals surface area contributed by atoms with E-state index in [1.165, 1.54) is 19.8 Å². The van der Waals surface area contributed by atoms with Crippen molar-refractivity contribution in [1.82, 2.24) is 5.32 Å². The van der Waals surface area contributed by atoms with Gasteiger partial charge in [-0.2, -0.15) is 0 Å². The molecular weight excluding hydrogens is 250 g/mol. The largest absolute Gasteiger partial charge is 0.495 e. The lowest BCUT2D eigenvalue weighted by atomic mass is 9.97. The van der Waals surface area contributed by atoms with E-state index in [1.54, 1.807) is 12.1 Å². The second-order valence-corrected chi connectivity index (χ2v) is 6.64.